The van der Waals surface area contributed by atoms with Gasteiger partial charge in [0.05, 0.1) is 29.7 Å². The summed E-state index contributed by atoms with van der Waals surface area (Å²) in [6.07, 6.45) is -0.404. The van der Waals surface area contributed by atoms with Crippen LogP contribution in [0.1, 0.15) is 54.6 Å². The lowest BCUT2D eigenvalue weighted by Crippen LogP contribution is -2.35. The SMILES string of the molecule is COc1ccc(C(=O)CC(C(=O)NS(=O)(=O)c2ccc(C(C)(C)C)cc2)c2ccc3nsnc3c2)cc1F. The van der Waals surface area contributed by atoms with Gasteiger partial charge in [-0.1, -0.05) is 39.0 Å². The topological polar surface area (TPSA) is 115 Å². The molecule has 8 nitrogen and oxygen atoms in total. The van der Waals surface area contributed by atoms with Crippen LogP contribution in [0.25, 0.3) is 11.0 Å². The van der Waals surface area contributed by atoms with Crippen molar-refractivity contribution in [3.8, 4) is 5.75 Å². The lowest BCUT2D eigenvalue weighted by atomic mass is 9.87. The van der Waals surface area contributed by atoms with E-state index in [0.29, 0.717) is 16.6 Å². The lowest BCUT2D eigenvalue weighted by Gasteiger charge is -2.20. The van der Waals surface area contributed by atoms with E-state index < -0.39 is 39.9 Å². The molecule has 1 heterocycles. The van der Waals surface area contributed by atoms with Crippen LogP contribution < -0.4 is 9.46 Å². The molecule has 4 rings (SSSR count). The van der Waals surface area contributed by atoms with Crippen molar-refractivity contribution in [1.82, 2.24) is 13.5 Å². The maximum atomic E-state index is 14.2. The highest BCUT2D eigenvalue weighted by Crippen LogP contribution is 2.28. The molecule has 1 N–H and O–H groups in total. The lowest BCUT2D eigenvalue weighted by molar-refractivity contribution is -0.120. The van der Waals surface area contributed by atoms with Gasteiger partial charge in [-0.15, -0.1) is 0 Å². The minimum Gasteiger partial charge on any atom is -0.494 e. The van der Waals surface area contributed by atoms with Gasteiger partial charge in [-0.25, -0.2) is 17.5 Å². The van der Waals surface area contributed by atoms with Crippen molar-refractivity contribution in [2.45, 2.75) is 43.4 Å². The summed E-state index contributed by atoms with van der Waals surface area (Å²) in [4.78, 5) is 26.4. The molecule has 4 aromatic rings. The van der Waals surface area contributed by atoms with Crippen LogP contribution in [0.5, 0.6) is 5.75 Å². The van der Waals surface area contributed by atoms with E-state index in [1.807, 2.05) is 20.8 Å². The summed E-state index contributed by atoms with van der Waals surface area (Å²) in [5.74, 6) is -3.39. The third-order valence-corrected chi connectivity index (χ3v) is 8.04. The molecule has 1 unspecified atom stereocenters. The number of ketones is 1. The van der Waals surface area contributed by atoms with Crippen molar-refractivity contribution in [2.75, 3.05) is 7.11 Å². The number of nitrogens with one attached hydrogen (secondary N) is 1. The molecular formula is C27H26FN3O5S2. The highest BCUT2D eigenvalue weighted by atomic mass is 32.2. The zero-order valence-electron chi connectivity index (χ0n) is 21.2. The first kappa shape index (κ1) is 27.3. The zero-order valence-corrected chi connectivity index (χ0v) is 22.8. The third-order valence-electron chi connectivity index (χ3n) is 6.13. The van der Waals surface area contributed by atoms with Crippen molar-refractivity contribution in [2.24, 2.45) is 0 Å². The van der Waals surface area contributed by atoms with Gasteiger partial charge in [-0.2, -0.15) is 8.75 Å². The first-order valence-electron chi connectivity index (χ1n) is 11.7. The summed E-state index contributed by atoms with van der Waals surface area (Å²) in [6.45, 7) is 6.01. The molecule has 1 aromatic heterocycles. The Bertz CT molecular complexity index is 1610. The Balaban J connectivity index is 1.65. The number of hydrogen-bond donors (Lipinski definition) is 1. The molecular weight excluding hydrogens is 529 g/mol. The van der Waals surface area contributed by atoms with Crippen molar-refractivity contribution < 1.29 is 27.1 Å². The summed E-state index contributed by atoms with van der Waals surface area (Å²) >= 11 is 0.991. The maximum absolute atomic E-state index is 14.2. The molecule has 38 heavy (non-hydrogen) atoms. The van der Waals surface area contributed by atoms with Gasteiger partial charge in [-0.05, 0) is 59.0 Å². The Morgan fingerprint density at radius 1 is 1.00 bits per heavy atom. The van der Waals surface area contributed by atoms with Gasteiger partial charge < -0.3 is 4.74 Å². The van der Waals surface area contributed by atoms with Gasteiger partial charge in [0.15, 0.2) is 17.3 Å². The molecule has 0 aliphatic carbocycles. The van der Waals surface area contributed by atoms with Crippen LogP contribution >= 0.6 is 11.7 Å². The van der Waals surface area contributed by atoms with E-state index in [2.05, 4.69) is 13.5 Å². The number of ether oxygens (including phenoxy) is 1. The smallest absolute Gasteiger partial charge is 0.264 e. The molecule has 0 spiro atoms. The van der Waals surface area contributed by atoms with Gasteiger partial charge in [-0.3, -0.25) is 9.59 Å². The second-order valence-corrected chi connectivity index (χ2v) is 12.0. The van der Waals surface area contributed by atoms with Gasteiger partial charge in [0.25, 0.3) is 10.0 Å². The fourth-order valence-electron chi connectivity index (χ4n) is 3.92. The third kappa shape index (κ3) is 5.89. The number of rotatable bonds is 8. The number of fused-ring (bicyclic) bond motifs is 1. The largest absolute Gasteiger partial charge is 0.494 e. The molecule has 0 bridgehead atoms. The number of carbonyl (C=O) groups excluding carboxylic acids is 2. The minimum absolute atomic E-state index is 0.0260. The molecule has 0 saturated heterocycles. The second-order valence-electron chi connectivity index (χ2n) is 9.79. The van der Waals surface area contributed by atoms with E-state index >= 15 is 0 Å². The van der Waals surface area contributed by atoms with Crippen molar-refractivity contribution in [3.05, 3.63) is 83.2 Å². The van der Waals surface area contributed by atoms with Gasteiger partial charge >= 0.3 is 0 Å². The second kappa shape index (κ2) is 10.6. The Labute approximate surface area is 224 Å². The molecule has 0 fully saturated rings. The number of hydrogen-bond acceptors (Lipinski definition) is 8. The highest BCUT2D eigenvalue weighted by molar-refractivity contribution is 7.90. The minimum atomic E-state index is -4.24. The summed E-state index contributed by atoms with van der Waals surface area (Å²) in [5, 5.41) is 0. The monoisotopic (exact) mass is 555 g/mol. The molecule has 11 heteroatoms. The number of amides is 1. The van der Waals surface area contributed by atoms with Crippen LogP contribution in [0.3, 0.4) is 0 Å². The molecule has 0 saturated carbocycles. The molecule has 0 radical (unpaired) electrons. The van der Waals surface area contributed by atoms with Gasteiger partial charge in [0.2, 0.25) is 5.91 Å². The molecule has 198 valence electrons. The number of aromatic nitrogens is 2. The number of sulfonamides is 1. The number of benzene rings is 3. The van der Waals surface area contributed by atoms with E-state index in [1.54, 1.807) is 30.3 Å². The van der Waals surface area contributed by atoms with E-state index in [1.165, 1.54) is 31.4 Å². The standard InChI is InChI=1S/C27H26FN3O5S2/c1-27(2,3)18-7-9-19(10-8-18)38(34,35)31-26(33)20(16-5-11-22-23(14-16)30-37-29-22)15-24(32)17-6-12-25(36-4)21(28)13-17/h5-14,20H,15H2,1-4H3,(H,31,33). The van der Waals surface area contributed by atoms with Crippen molar-refractivity contribution >= 4 is 44.5 Å². The molecule has 3 aromatic carbocycles. The Hall–Kier alpha value is -3.70. The van der Waals surface area contributed by atoms with E-state index in [4.69, 9.17) is 4.74 Å². The van der Waals surface area contributed by atoms with E-state index in [-0.39, 0.29) is 21.6 Å². The quantitative estimate of drug-likeness (QED) is 0.304. The van der Waals surface area contributed by atoms with Gasteiger partial charge in [0.1, 0.15) is 11.0 Å². The Morgan fingerprint density at radius 2 is 1.68 bits per heavy atom. The van der Waals surface area contributed by atoms with E-state index in [9.17, 15) is 22.4 Å². The number of halogens is 1. The van der Waals surface area contributed by atoms with Crippen LogP contribution in [0, 0.1) is 5.82 Å². The van der Waals surface area contributed by atoms with E-state index in [0.717, 1.165) is 23.4 Å². The first-order chi connectivity index (χ1) is 17.9. The fraction of sp³-hybridized carbons (Fsp3) is 0.259. The maximum Gasteiger partial charge on any atom is 0.264 e. The zero-order chi connectivity index (χ0) is 27.7. The number of Topliss-reactive ketones (excluding diaryl/α,β-unsaturated/α-hetero) is 1. The van der Waals surface area contributed by atoms with Crippen LogP contribution in [0.4, 0.5) is 4.39 Å². The number of nitrogens with zero attached hydrogens (tertiary/aromatic N) is 2. The van der Waals surface area contributed by atoms with Crippen LogP contribution in [0.2, 0.25) is 0 Å². The van der Waals surface area contributed by atoms with Crippen molar-refractivity contribution in [1.29, 1.82) is 0 Å². The van der Waals surface area contributed by atoms with Gasteiger partial charge in [0, 0.05) is 12.0 Å². The predicted octanol–water partition coefficient (Wildman–Crippen LogP) is 5.00. The Morgan fingerprint density at radius 3 is 2.32 bits per heavy atom. The number of carbonyl (C=O) groups is 2. The number of methoxy groups -OCH3 is 1. The molecule has 0 aliphatic rings. The summed E-state index contributed by atoms with van der Waals surface area (Å²) in [7, 11) is -2.93. The summed E-state index contributed by atoms with van der Waals surface area (Å²) in [6, 6.07) is 14.8. The summed E-state index contributed by atoms with van der Waals surface area (Å²) in [5.41, 5.74) is 2.27. The molecule has 1 atom stereocenters. The van der Waals surface area contributed by atoms with Crippen LogP contribution in [-0.2, 0) is 20.2 Å². The fourth-order valence-corrected chi connectivity index (χ4v) is 5.45. The average molecular weight is 556 g/mol. The highest BCUT2D eigenvalue weighted by Gasteiger charge is 2.29. The first-order valence-corrected chi connectivity index (χ1v) is 13.9. The molecule has 0 aliphatic heterocycles. The summed E-state index contributed by atoms with van der Waals surface area (Å²) < 4.78 is 55.7. The van der Waals surface area contributed by atoms with Crippen molar-refractivity contribution in [3.63, 3.8) is 0 Å². The Kier molecular flexibility index (Phi) is 7.61. The normalized spacial score (nSPS) is 12.8. The van der Waals surface area contributed by atoms with Crippen LogP contribution in [-0.4, -0.2) is 36.0 Å². The average Bonchev–Trinajstić information content (AvgIpc) is 3.34. The van der Waals surface area contributed by atoms with Crippen LogP contribution in [0.15, 0.2) is 65.6 Å². The predicted molar refractivity (Wildman–Crippen MR) is 143 cm³/mol. The molecule has 1 amide bonds.